The van der Waals surface area contributed by atoms with Crippen LogP contribution < -0.4 is 4.74 Å². The summed E-state index contributed by atoms with van der Waals surface area (Å²) in [5, 5.41) is 8.68. The van der Waals surface area contributed by atoms with Crippen LogP contribution in [0.15, 0.2) is 18.3 Å². The largest absolute Gasteiger partial charge is 0.491 e. The third-order valence-electron chi connectivity index (χ3n) is 2.29. The van der Waals surface area contributed by atoms with Gasteiger partial charge in [0, 0.05) is 0 Å². The van der Waals surface area contributed by atoms with Crippen molar-refractivity contribution >= 4 is 11.9 Å². The Kier molecular flexibility index (Phi) is 4.25. The van der Waals surface area contributed by atoms with Crippen molar-refractivity contribution < 1.29 is 24.2 Å². The fraction of sp³-hybridized carbons (Fsp3) is 0.417. The van der Waals surface area contributed by atoms with Crippen LogP contribution in [0.25, 0.3) is 0 Å². The number of carboxylic acids is 1. The summed E-state index contributed by atoms with van der Waals surface area (Å²) in [4.78, 5) is 25.7. The van der Waals surface area contributed by atoms with E-state index >= 15 is 0 Å². The van der Waals surface area contributed by atoms with E-state index in [9.17, 15) is 9.59 Å². The van der Waals surface area contributed by atoms with Crippen LogP contribution in [-0.2, 0) is 9.53 Å². The van der Waals surface area contributed by atoms with Crippen LogP contribution in [0.2, 0.25) is 0 Å². The summed E-state index contributed by atoms with van der Waals surface area (Å²) < 4.78 is 10.0. The molecule has 1 N–H and O–H groups in total. The highest BCUT2D eigenvalue weighted by molar-refractivity contribution is 5.85. The van der Waals surface area contributed by atoms with E-state index in [1.54, 1.807) is 13.8 Å². The van der Waals surface area contributed by atoms with E-state index in [-0.39, 0.29) is 18.3 Å². The maximum Gasteiger partial charge on any atom is 0.354 e. The van der Waals surface area contributed by atoms with E-state index in [2.05, 4.69) is 9.72 Å². The number of esters is 1. The van der Waals surface area contributed by atoms with Crippen molar-refractivity contribution in [1.82, 2.24) is 4.98 Å². The molecule has 0 spiro atoms. The first-order chi connectivity index (χ1) is 8.36. The molecule has 0 saturated heterocycles. The molecule has 0 atom stereocenters. The molecule has 0 amide bonds. The van der Waals surface area contributed by atoms with Gasteiger partial charge in [0.25, 0.3) is 0 Å². The molecule has 0 radical (unpaired) electrons. The highest BCUT2D eigenvalue weighted by atomic mass is 16.5. The van der Waals surface area contributed by atoms with Gasteiger partial charge in [0.15, 0.2) is 0 Å². The summed E-state index contributed by atoms with van der Waals surface area (Å²) in [6.45, 7) is 3.50. The van der Waals surface area contributed by atoms with E-state index < -0.39 is 11.4 Å². The van der Waals surface area contributed by atoms with Crippen LogP contribution in [0, 0.1) is 5.41 Å². The molecule has 1 aromatic heterocycles. The molecule has 0 aromatic carbocycles. The molecule has 6 nitrogen and oxygen atoms in total. The number of ether oxygens (including phenoxy) is 2. The second-order valence-electron chi connectivity index (χ2n) is 4.35. The fourth-order valence-corrected chi connectivity index (χ4v) is 1.19. The van der Waals surface area contributed by atoms with Crippen LogP contribution >= 0.6 is 0 Å². The molecule has 6 heteroatoms. The number of pyridine rings is 1. The number of aromatic carboxylic acids is 1. The molecule has 0 fully saturated rings. The van der Waals surface area contributed by atoms with Crippen LogP contribution in [0.4, 0.5) is 0 Å². The van der Waals surface area contributed by atoms with Crippen LogP contribution in [0.5, 0.6) is 5.75 Å². The number of methoxy groups -OCH3 is 1. The summed E-state index contributed by atoms with van der Waals surface area (Å²) in [6, 6.07) is 2.83. The summed E-state index contributed by atoms with van der Waals surface area (Å²) in [5.41, 5.74) is -0.838. The molecule has 0 aliphatic carbocycles. The Morgan fingerprint density at radius 1 is 1.39 bits per heavy atom. The van der Waals surface area contributed by atoms with E-state index in [1.165, 1.54) is 25.4 Å². The molecule has 0 aliphatic heterocycles. The van der Waals surface area contributed by atoms with E-state index in [0.717, 1.165) is 0 Å². The first-order valence-corrected chi connectivity index (χ1v) is 5.27. The quantitative estimate of drug-likeness (QED) is 0.797. The summed E-state index contributed by atoms with van der Waals surface area (Å²) in [7, 11) is 1.31. The Bertz CT molecular complexity index is 438. The van der Waals surface area contributed by atoms with Gasteiger partial charge in [0.2, 0.25) is 0 Å². The Labute approximate surface area is 105 Å². The summed E-state index contributed by atoms with van der Waals surface area (Å²) >= 11 is 0. The first kappa shape index (κ1) is 14.0. The Morgan fingerprint density at radius 2 is 2.06 bits per heavy atom. The number of carbonyl (C=O) groups is 2. The van der Waals surface area contributed by atoms with Gasteiger partial charge in [-0.1, -0.05) is 0 Å². The molecule has 98 valence electrons. The lowest BCUT2D eigenvalue weighted by atomic mass is 9.95. The van der Waals surface area contributed by atoms with Crippen molar-refractivity contribution in [3.05, 3.63) is 24.0 Å². The van der Waals surface area contributed by atoms with E-state index in [1.807, 2.05) is 0 Å². The van der Waals surface area contributed by atoms with Crippen LogP contribution in [-0.4, -0.2) is 35.7 Å². The zero-order valence-electron chi connectivity index (χ0n) is 10.5. The van der Waals surface area contributed by atoms with Crippen molar-refractivity contribution in [3.8, 4) is 5.75 Å². The number of carboxylic acid groups (broad SMARTS) is 1. The molecule has 0 unspecified atom stereocenters. The smallest absolute Gasteiger partial charge is 0.354 e. The highest BCUT2D eigenvalue weighted by Crippen LogP contribution is 2.19. The maximum atomic E-state index is 11.4. The first-order valence-electron chi connectivity index (χ1n) is 5.27. The molecular weight excluding hydrogens is 238 g/mol. The molecule has 1 aromatic rings. The Hall–Kier alpha value is -2.11. The summed E-state index contributed by atoms with van der Waals surface area (Å²) in [5.74, 6) is -1.08. The number of carbonyl (C=O) groups excluding carboxylic acids is 1. The van der Waals surface area contributed by atoms with E-state index in [4.69, 9.17) is 9.84 Å². The predicted octanol–water partition coefficient (Wildman–Crippen LogP) is 1.36. The Balaban J connectivity index is 2.64. The molecular formula is C12H15NO5. The Morgan fingerprint density at radius 3 is 2.50 bits per heavy atom. The summed E-state index contributed by atoms with van der Waals surface area (Å²) in [6.07, 6.45) is 1.30. The third kappa shape index (κ3) is 3.44. The average Bonchev–Trinajstić information content (AvgIpc) is 2.35. The normalized spacial score (nSPS) is 10.8. The fourth-order valence-electron chi connectivity index (χ4n) is 1.19. The van der Waals surface area contributed by atoms with Gasteiger partial charge in [-0.25, -0.2) is 9.78 Å². The van der Waals surface area contributed by atoms with Crippen LogP contribution in [0.1, 0.15) is 24.3 Å². The standard InChI is InChI=1S/C12H15NO5/c1-12(2,11(16)17-3)7-18-8-4-5-9(10(14)15)13-6-8/h4-6H,7H2,1-3H3,(H,14,15). The average molecular weight is 253 g/mol. The van der Waals surface area contributed by atoms with Crippen molar-refractivity contribution in [3.63, 3.8) is 0 Å². The molecule has 0 saturated carbocycles. The SMILES string of the molecule is COC(=O)C(C)(C)COc1ccc(C(=O)O)nc1. The molecule has 1 heterocycles. The van der Waals surface area contributed by atoms with Crippen molar-refractivity contribution in [2.75, 3.05) is 13.7 Å². The van der Waals surface area contributed by atoms with E-state index in [0.29, 0.717) is 5.75 Å². The predicted molar refractivity (Wildman–Crippen MR) is 62.5 cm³/mol. The third-order valence-corrected chi connectivity index (χ3v) is 2.29. The van der Waals surface area contributed by atoms with Crippen molar-refractivity contribution in [1.29, 1.82) is 0 Å². The minimum Gasteiger partial charge on any atom is -0.491 e. The molecule has 0 aliphatic rings. The van der Waals surface area contributed by atoms with Gasteiger partial charge < -0.3 is 14.6 Å². The molecule has 1 rings (SSSR count). The van der Waals surface area contributed by atoms with Gasteiger partial charge in [-0.2, -0.15) is 0 Å². The van der Waals surface area contributed by atoms with Gasteiger partial charge in [0.05, 0.1) is 18.7 Å². The van der Waals surface area contributed by atoms with Crippen molar-refractivity contribution in [2.45, 2.75) is 13.8 Å². The minimum absolute atomic E-state index is 0.0606. The number of rotatable bonds is 5. The number of aromatic nitrogens is 1. The van der Waals surface area contributed by atoms with Gasteiger partial charge in [-0.15, -0.1) is 0 Å². The number of hydrogen-bond donors (Lipinski definition) is 1. The zero-order chi connectivity index (χ0) is 13.8. The molecule has 18 heavy (non-hydrogen) atoms. The lowest BCUT2D eigenvalue weighted by molar-refractivity contribution is -0.152. The van der Waals surface area contributed by atoms with Gasteiger partial charge >= 0.3 is 11.9 Å². The maximum absolute atomic E-state index is 11.4. The minimum atomic E-state index is -1.10. The lowest BCUT2D eigenvalue weighted by Crippen LogP contribution is -2.32. The van der Waals surface area contributed by atoms with Crippen molar-refractivity contribution in [2.24, 2.45) is 5.41 Å². The monoisotopic (exact) mass is 253 g/mol. The molecule has 0 bridgehead atoms. The number of nitrogens with zero attached hydrogens (tertiary/aromatic N) is 1. The number of hydrogen-bond acceptors (Lipinski definition) is 5. The zero-order valence-corrected chi connectivity index (χ0v) is 10.5. The lowest BCUT2D eigenvalue weighted by Gasteiger charge is -2.21. The van der Waals surface area contributed by atoms with Gasteiger partial charge in [0.1, 0.15) is 18.1 Å². The van der Waals surface area contributed by atoms with Gasteiger partial charge in [-0.05, 0) is 26.0 Å². The second kappa shape index (κ2) is 5.48. The van der Waals surface area contributed by atoms with Gasteiger partial charge in [-0.3, -0.25) is 4.79 Å². The highest BCUT2D eigenvalue weighted by Gasteiger charge is 2.29. The topological polar surface area (TPSA) is 85.7 Å². The van der Waals surface area contributed by atoms with Crippen LogP contribution in [0.3, 0.4) is 0 Å². The second-order valence-corrected chi connectivity index (χ2v) is 4.35.